The molecular formula is C24H30N6O2. The Morgan fingerprint density at radius 1 is 1.28 bits per heavy atom. The predicted octanol–water partition coefficient (Wildman–Crippen LogP) is 2.26. The molecule has 1 saturated heterocycles. The predicted molar refractivity (Wildman–Crippen MR) is 126 cm³/mol. The lowest BCUT2D eigenvalue weighted by Crippen LogP contribution is -2.51. The zero-order valence-electron chi connectivity index (χ0n) is 19.1. The van der Waals surface area contributed by atoms with Gasteiger partial charge in [-0.25, -0.2) is 4.98 Å². The van der Waals surface area contributed by atoms with Crippen molar-refractivity contribution < 1.29 is 4.79 Å². The third-order valence-corrected chi connectivity index (χ3v) is 6.15. The van der Waals surface area contributed by atoms with Crippen molar-refractivity contribution in [3.05, 3.63) is 63.3 Å². The van der Waals surface area contributed by atoms with E-state index in [9.17, 15) is 9.59 Å². The first-order chi connectivity index (χ1) is 15.4. The van der Waals surface area contributed by atoms with Crippen molar-refractivity contribution in [2.45, 2.75) is 39.8 Å². The number of nitrogens with one attached hydrogen (secondary N) is 2. The second-order valence-corrected chi connectivity index (χ2v) is 8.41. The lowest BCUT2D eigenvalue weighted by molar-refractivity contribution is 0.0958. The van der Waals surface area contributed by atoms with Gasteiger partial charge >= 0.3 is 0 Å². The van der Waals surface area contributed by atoms with E-state index in [1.165, 1.54) is 0 Å². The molecule has 1 amide bonds. The molecule has 168 valence electrons. The first kappa shape index (κ1) is 22.0. The second-order valence-electron chi connectivity index (χ2n) is 8.41. The van der Waals surface area contributed by atoms with Gasteiger partial charge in [-0.2, -0.15) is 0 Å². The van der Waals surface area contributed by atoms with Crippen molar-refractivity contribution in [2.24, 2.45) is 0 Å². The summed E-state index contributed by atoms with van der Waals surface area (Å²) in [5.74, 6) is -0.172. The fraction of sp³-hybridized carbons (Fsp3) is 0.417. The molecule has 0 aliphatic carbocycles. The molecule has 0 bridgehead atoms. The second kappa shape index (κ2) is 9.08. The maximum absolute atomic E-state index is 12.2. The molecule has 1 atom stereocenters. The third kappa shape index (κ3) is 4.36. The molecule has 0 unspecified atom stereocenters. The summed E-state index contributed by atoms with van der Waals surface area (Å²) in [6.45, 7) is 9.60. The van der Waals surface area contributed by atoms with Crippen molar-refractivity contribution in [2.75, 3.05) is 31.6 Å². The van der Waals surface area contributed by atoms with Gasteiger partial charge in [0.15, 0.2) is 0 Å². The number of hydrogen-bond acceptors (Lipinski definition) is 6. The molecule has 0 radical (unpaired) electrons. The number of H-pyrrole nitrogens is 1. The number of hydrogen-bond donors (Lipinski definition) is 2. The smallest absolute Gasteiger partial charge is 0.269 e. The van der Waals surface area contributed by atoms with Crippen molar-refractivity contribution in [1.82, 2.24) is 25.2 Å². The van der Waals surface area contributed by atoms with Gasteiger partial charge in [-0.1, -0.05) is 6.92 Å². The van der Waals surface area contributed by atoms with Crippen LogP contribution in [0.3, 0.4) is 0 Å². The summed E-state index contributed by atoms with van der Waals surface area (Å²) in [4.78, 5) is 40.8. The van der Waals surface area contributed by atoms with Crippen LogP contribution in [0.4, 0.5) is 5.69 Å². The van der Waals surface area contributed by atoms with Crippen LogP contribution in [0.15, 0.2) is 35.3 Å². The lowest BCUT2D eigenvalue weighted by atomic mass is 10.1. The van der Waals surface area contributed by atoms with Crippen molar-refractivity contribution in [3.8, 4) is 0 Å². The normalized spacial score (nSPS) is 17.0. The highest BCUT2D eigenvalue weighted by Crippen LogP contribution is 2.24. The molecule has 8 nitrogen and oxygen atoms in total. The number of anilines is 1. The summed E-state index contributed by atoms with van der Waals surface area (Å²) in [5, 5.41) is 2.62. The van der Waals surface area contributed by atoms with E-state index >= 15 is 0 Å². The lowest BCUT2D eigenvalue weighted by Gasteiger charge is -2.41. The number of aromatic amines is 1. The summed E-state index contributed by atoms with van der Waals surface area (Å²) < 4.78 is 0. The van der Waals surface area contributed by atoms with Crippen molar-refractivity contribution >= 4 is 22.6 Å². The molecule has 1 fully saturated rings. The van der Waals surface area contributed by atoms with Gasteiger partial charge in [0.2, 0.25) is 0 Å². The fourth-order valence-corrected chi connectivity index (χ4v) is 4.42. The van der Waals surface area contributed by atoms with Crippen LogP contribution in [0.25, 0.3) is 11.0 Å². The third-order valence-electron chi connectivity index (χ3n) is 6.15. The number of pyridine rings is 3. The van der Waals surface area contributed by atoms with E-state index in [0.717, 1.165) is 59.7 Å². The molecule has 3 aromatic heterocycles. The molecule has 3 aromatic rings. The largest absolute Gasteiger partial charge is 0.365 e. The maximum atomic E-state index is 12.2. The molecule has 2 N–H and O–H groups in total. The molecule has 1 aliphatic heterocycles. The number of nitrogens with zero attached hydrogens (tertiary/aromatic N) is 4. The molecule has 0 spiro atoms. The Morgan fingerprint density at radius 2 is 2.09 bits per heavy atom. The van der Waals surface area contributed by atoms with Crippen LogP contribution in [0.5, 0.6) is 0 Å². The van der Waals surface area contributed by atoms with E-state index in [-0.39, 0.29) is 11.5 Å². The summed E-state index contributed by atoms with van der Waals surface area (Å²) >= 11 is 0. The first-order valence-electron chi connectivity index (χ1n) is 11.1. The molecule has 32 heavy (non-hydrogen) atoms. The highest BCUT2D eigenvalue weighted by atomic mass is 16.1. The number of piperazine rings is 1. The van der Waals surface area contributed by atoms with Gasteiger partial charge in [0.05, 0.1) is 22.4 Å². The van der Waals surface area contributed by atoms with Crippen molar-refractivity contribution in [3.63, 3.8) is 0 Å². The van der Waals surface area contributed by atoms with Crippen LogP contribution >= 0.6 is 0 Å². The number of rotatable bonds is 5. The summed E-state index contributed by atoms with van der Waals surface area (Å²) in [6.07, 6.45) is 2.60. The van der Waals surface area contributed by atoms with Crippen LogP contribution in [-0.4, -0.2) is 58.5 Å². The zero-order chi connectivity index (χ0) is 22.8. The van der Waals surface area contributed by atoms with Crippen molar-refractivity contribution in [1.29, 1.82) is 0 Å². The molecule has 4 rings (SSSR count). The van der Waals surface area contributed by atoms with Gasteiger partial charge in [0.1, 0.15) is 5.69 Å². The fourth-order valence-electron chi connectivity index (χ4n) is 4.42. The number of amides is 1. The van der Waals surface area contributed by atoms with Gasteiger partial charge < -0.3 is 15.2 Å². The number of carbonyl (C=O) groups excluding carboxylic acids is 1. The standard InChI is InChI=1S/C24H30N6O2/c1-5-18-11-20-21(28-23(18)31)10-17(12-26-20)14-29-8-9-30(15(2)13-29)22-7-6-19(24(32)25-4)27-16(22)3/h6-7,10-12,15H,5,8-9,13-14H2,1-4H3,(H,25,32)(H,28,31)/t15-/m0/s1. The van der Waals surface area contributed by atoms with E-state index in [1.54, 1.807) is 13.1 Å². The van der Waals surface area contributed by atoms with E-state index in [1.807, 2.05) is 38.2 Å². The van der Waals surface area contributed by atoms with Crippen LogP contribution in [-0.2, 0) is 13.0 Å². The molecule has 8 heteroatoms. The highest BCUT2D eigenvalue weighted by Gasteiger charge is 2.25. The zero-order valence-corrected chi connectivity index (χ0v) is 19.1. The Hall–Kier alpha value is -3.26. The quantitative estimate of drug-likeness (QED) is 0.640. The number of fused-ring (bicyclic) bond motifs is 1. The van der Waals surface area contributed by atoms with E-state index < -0.39 is 0 Å². The van der Waals surface area contributed by atoms with E-state index in [4.69, 9.17) is 0 Å². The molecule has 0 aromatic carbocycles. The Kier molecular flexibility index (Phi) is 6.23. The topological polar surface area (TPSA) is 94.2 Å². The Balaban J connectivity index is 1.46. The number of aromatic nitrogens is 3. The molecule has 0 saturated carbocycles. The van der Waals surface area contributed by atoms with Gasteiger partial charge in [-0.15, -0.1) is 0 Å². The molecular weight excluding hydrogens is 404 g/mol. The highest BCUT2D eigenvalue weighted by molar-refractivity contribution is 5.92. The van der Waals surface area contributed by atoms with Crippen LogP contribution in [0, 0.1) is 6.92 Å². The van der Waals surface area contributed by atoms with E-state index in [2.05, 4.69) is 37.0 Å². The molecule has 1 aliphatic rings. The Bertz CT molecular complexity index is 1200. The Labute approximate surface area is 187 Å². The monoisotopic (exact) mass is 434 g/mol. The minimum atomic E-state index is -0.172. The average molecular weight is 435 g/mol. The summed E-state index contributed by atoms with van der Waals surface area (Å²) in [6, 6.07) is 7.99. The summed E-state index contributed by atoms with van der Waals surface area (Å²) in [5.41, 5.74) is 5.80. The van der Waals surface area contributed by atoms with Gasteiger partial charge in [-0.3, -0.25) is 19.5 Å². The van der Waals surface area contributed by atoms with Crippen LogP contribution in [0.1, 0.15) is 41.2 Å². The van der Waals surface area contributed by atoms with Gasteiger partial charge in [0.25, 0.3) is 11.5 Å². The number of aryl methyl sites for hydroxylation is 2. The maximum Gasteiger partial charge on any atom is 0.269 e. The minimum absolute atomic E-state index is 0.0346. The molecule has 4 heterocycles. The van der Waals surface area contributed by atoms with Gasteiger partial charge in [-0.05, 0) is 50.1 Å². The first-order valence-corrected chi connectivity index (χ1v) is 11.1. The SMILES string of the molecule is CCc1cc2ncc(CN3CCN(c4ccc(C(=O)NC)nc4C)[C@@H](C)C3)cc2[nH]c1=O. The van der Waals surface area contributed by atoms with Crippen LogP contribution < -0.4 is 15.8 Å². The average Bonchev–Trinajstić information content (AvgIpc) is 2.78. The number of carbonyl (C=O) groups is 1. The summed E-state index contributed by atoms with van der Waals surface area (Å²) in [7, 11) is 1.61. The van der Waals surface area contributed by atoms with Gasteiger partial charge in [0, 0.05) is 51.0 Å². The Morgan fingerprint density at radius 3 is 2.78 bits per heavy atom. The minimum Gasteiger partial charge on any atom is -0.365 e. The van der Waals surface area contributed by atoms with Crippen LogP contribution in [0.2, 0.25) is 0 Å². The van der Waals surface area contributed by atoms with E-state index in [0.29, 0.717) is 18.2 Å².